The van der Waals surface area contributed by atoms with Crippen molar-refractivity contribution >= 4 is 27.5 Å². The third-order valence-corrected chi connectivity index (χ3v) is 5.65. The second kappa shape index (κ2) is 5.61. The Balaban J connectivity index is 1.75. The van der Waals surface area contributed by atoms with Crippen LogP contribution >= 0.6 is 15.9 Å². The highest BCUT2D eigenvalue weighted by Crippen LogP contribution is 2.40. The summed E-state index contributed by atoms with van der Waals surface area (Å²) in [6.07, 6.45) is 4.85. The Kier molecular flexibility index (Phi) is 3.97. The molecule has 0 radical (unpaired) electrons. The number of aliphatic hydroxyl groups is 1. The molecule has 21 heavy (non-hydrogen) atoms. The molecule has 4 nitrogen and oxygen atoms in total. The number of hydrogen-bond donors (Lipinski definition) is 2. The van der Waals surface area contributed by atoms with Crippen LogP contribution in [0.2, 0.25) is 0 Å². The monoisotopic (exact) mass is 352 g/mol. The standard InChI is InChI=1S/C16H21BrN2O2/c17-13-9-11(4-5-14(13)18)15(20)19-8-7-16(21)6-2-1-3-12(16)10-19/h4-5,9,12,21H,1-3,6-8,10,18H2. The zero-order chi connectivity index (χ0) is 15.0. The summed E-state index contributed by atoms with van der Waals surface area (Å²) in [6, 6.07) is 5.29. The van der Waals surface area contributed by atoms with Gasteiger partial charge >= 0.3 is 0 Å². The van der Waals surface area contributed by atoms with Crippen molar-refractivity contribution in [1.29, 1.82) is 0 Å². The van der Waals surface area contributed by atoms with E-state index in [2.05, 4.69) is 15.9 Å². The number of carbonyl (C=O) groups is 1. The van der Waals surface area contributed by atoms with Gasteiger partial charge in [-0.2, -0.15) is 0 Å². The third kappa shape index (κ3) is 2.81. The van der Waals surface area contributed by atoms with Crippen molar-refractivity contribution < 1.29 is 9.90 Å². The zero-order valence-electron chi connectivity index (χ0n) is 12.0. The Hall–Kier alpha value is -1.07. The fourth-order valence-electron chi connectivity index (χ4n) is 3.60. The van der Waals surface area contributed by atoms with Crippen LogP contribution in [-0.2, 0) is 0 Å². The van der Waals surface area contributed by atoms with E-state index in [0.29, 0.717) is 30.8 Å². The normalized spacial score (nSPS) is 29.0. The van der Waals surface area contributed by atoms with Crippen molar-refractivity contribution in [2.75, 3.05) is 18.8 Å². The molecule has 1 saturated heterocycles. The van der Waals surface area contributed by atoms with Crippen LogP contribution in [0.25, 0.3) is 0 Å². The first kappa shape index (κ1) is 14.9. The minimum absolute atomic E-state index is 0.0309. The van der Waals surface area contributed by atoms with Gasteiger partial charge in [0.1, 0.15) is 0 Å². The Morgan fingerprint density at radius 1 is 1.38 bits per heavy atom. The molecule has 1 saturated carbocycles. The first-order chi connectivity index (χ1) is 9.99. The van der Waals surface area contributed by atoms with E-state index in [1.54, 1.807) is 18.2 Å². The summed E-state index contributed by atoms with van der Waals surface area (Å²) < 4.78 is 0.750. The van der Waals surface area contributed by atoms with E-state index < -0.39 is 5.60 Å². The van der Waals surface area contributed by atoms with Gasteiger partial charge in [-0.05, 0) is 53.4 Å². The number of nitrogens with two attached hydrogens (primary N) is 1. The second-order valence-electron chi connectivity index (χ2n) is 6.28. The molecule has 2 atom stereocenters. The van der Waals surface area contributed by atoms with Crippen LogP contribution in [0.5, 0.6) is 0 Å². The maximum Gasteiger partial charge on any atom is 0.253 e. The van der Waals surface area contributed by atoms with Gasteiger partial charge in [-0.3, -0.25) is 4.79 Å². The van der Waals surface area contributed by atoms with Gasteiger partial charge in [-0.15, -0.1) is 0 Å². The van der Waals surface area contributed by atoms with E-state index in [9.17, 15) is 9.90 Å². The van der Waals surface area contributed by atoms with Gasteiger partial charge in [0.25, 0.3) is 5.91 Å². The Morgan fingerprint density at radius 3 is 2.95 bits per heavy atom. The Morgan fingerprint density at radius 2 is 2.19 bits per heavy atom. The summed E-state index contributed by atoms with van der Waals surface area (Å²) in [5, 5.41) is 10.7. The molecule has 1 aromatic rings. The smallest absolute Gasteiger partial charge is 0.253 e. The summed E-state index contributed by atoms with van der Waals surface area (Å²) in [7, 11) is 0. The number of amides is 1. The predicted molar refractivity (Wildman–Crippen MR) is 86.0 cm³/mol. The number of nitrogen functional groups attached to an aromatic ring is 1. The van der Waals surface area contributed by atoms with Crippen molar-refractivity contribution in [3.8, 4) is 0 Å². The summed E-state index contributed by atoms with van der Waals surface area (Å²) in [6.45, 7) is 1.30. The average molecular weight is 353 g/mol. The number of rotatable bonds is 1. The molecule has 2 unspecified atom stereocenters. The van der Waals surface area contributed by atoms with Crippen LogP contribution in [0.3, 0.4) is 0 Å². The molecular formula is C16H21BrN2O2. The van der Waals surface area contributed by atoms with Crippen LogP contribution in [0, 0.1) is 5.92 Å². The fraction of sp³-hybridized carbons (Fsp3) is 0.562. The molecule has 1 aliphatic carbocycles. The number of fused-ring (bicyclic) bond motifs is 1. The number of benzene rings is 1. The minimum Gasteiger partial charge on any atom is -0.398 e. The maximum absolute atomic E-state index is 12.6. The van der Waals surface area contributed by atoms with E-state index in [0.717, 1.165) is 30.2 Å². The molecular weight excluding hydrogens is 332 g/mol. The highest BCUT2D eigenvalue weighted by atomic mass is 79.9. The lowest BCUT2D eigenvalue weighted by molar-refractivity contribution is -0.0886. The number of likely N-dealkylation sites (tertiary alicyclic amines) is 1. The van der Waals surface area contributed by atoms with Crippen LogP contribution in [0.15, 0.2) is 22.7 Å². The van der Waals surface area contributed by atoms with Gasteiger partial charge < -0.3 is 15.7 Å². The van der Waals surface area contributed by atoms with Gasteiger partial charge in [0.15, 0.2) is 0 Å². The molecule has 0 spiro atoms. The largest absolute Gasteiger partial charge is 0.398 e. The number of nitrogens with zero attached hydrogens (tertiary/aromatic N) is 1. The number of carbonyl (C=O) groups excluding carboxylic acids is 1. The van der Waals surface area contributed by atoms with Gasteiger partial charge in [0.2, 0.25) is 0 Å². The molecule has 1 aromatic carbocycles. The van der Waals surface area contributed by atoms with Crippen molar-refractivity contribution in [2.45, 2.75) is 37.7 Å². The van der Waals surface area contributed by atoms with E-state index in [1.165, 1.54) is 0 Å². The highest BCUT2D eigenvalue weighted by molar-refractivity contribution is 9.10. The predicted octanol–water partition coefficient (Wildman–Crippen LogP) is 2.80. The molecule has 1 heterocycles. The summed E-state index contributed by atoms with van der Waals surface area (Å²) in [4.78, 5) is 14.5. The molecule has 5 heteroatoms. The van der Waals surface area contributed by atoms with Gasteiger partial charge in [-0.25, -0.2) is 0 Å². The van der Waals surface area contributed by atoms with Crippen molar-refractivity contribution in [3.63, 3.8) is 0 Å². The number of halogens is 1. The van der Waals surface area contributed by atoms with Gasteiger partial charge in [-0.1, -0.05) is 12.8 Å². The van der Waals surface area contributed by atoms with E-state index in [1.807, 2.05) is 4.90 Å². The SMILES string of the molecule is Nc1ccc(C(=O)N2CCC3(O)CCCCC3C2)cc1Br. The summed E-state index contributed by atoms with van der Waals surface area (Å²) in [5.74, 6) is 0.254. The fourth-order valence-corrected chi connectivity index (χ4v) is 3.98. The molecule has 0 bridgehead atoms. The average Bonchev–Trinajstić information content (AvgIpc) is 2.48. The molecule has 2 fully saturated rings. The second-order valence-corrected chi connectivity index (χ2v) is 7.14. The minimum atomic E-state index is -0.545. The van der Waals surface area contributed by atoms with E-state index in [4.69, 9.17) is 5.73 Å². The van der Waals surface area contributed by atoms with Gasteiger partial charge in [0.05, 0.1) is 5.60 Å². The number of piperidine rings is 1. The van der Waals surface area contributed by atoms with Crippen molar-refractivity contribution in [1.82, 2.24) is 4.90 Å². The third-order valence-electron chi connectivity index (χ3n) is 4.96. The molecule has 2 aliphatic rings. The molecule has 3 N–H and O–H groups in total. The molecule has 1 aliphatic heterocycles. The topological polar surface area (TPSA) is 66.6 Å². The van der Waals surface area contributed by atoms with E-state index >= 15 is 0 Å². The number of hydrogen-bond acceptors (Lipinski definition) is 3. The quantitative estimate of drug-likeness (QED) is 0.763. The van der Waals surface area contributed by atoms with Crippen LogP contribution < -0.4 is 5.73 Å². The lowest BCUT2D eigenvalue weighted by Crippen LogP contribution is -2.54. The molecule has 114 valence electrons. The molecule has 1 amide bonds. The number of anilines is 1. The van der Waals surface area contributed by atoms with Crippen LogP contribution in [-0.4, -0.2) is 34.6 Å². The lowest BCUT2D eigenvalue weighted by atomic mass is 9.71. The first-order valence-electron chi connectivity index (χ1n) is 7.56. The van der Waals surface area contributed by atoms with Crippen LogP contribution in [0.4, 0.5) is 5.69 Å². The van der Waals surface area contributed by atoms with Gasteiger partial charge in [0, 0.05) is 34.7 Å². The molecule has 0 aromatic heterocycles. The Labute approximate surface area is 133 Å². The van der Waals surface area contributed by atoms with Crippen molar-refractivity contribution in [3.05, 3.63) is 28.2 Å². The Bertz CT molecular complexity index is 563. The van der Waals surface area contributed by atoms with E-state index in [-0.39, 0.29) is 11.8 Å². The lowest BCUT2D eigenvalue weighted by Gasteiger charge is -2.47. The summed E-state index contributed by atoms with van der Waals surface area (Å²) >= 11 is 3.37. The zero-order valence-corrected chi connectivity index (χ0v) is 13.6. The highest BCUT2D eigenvalue weighted by Gasteiger charge is 2.43. The molecule has 3 rings (SSSR count). The van der Waals surface area contributed by atoms with Crippen LogP contribution in [0.1, 0.15) is 42.5 Å². The first-order valence-corrected chi connectivity index (χ1v) is 8.35. The van der Waals surface area contributed by atoms with Crippen molar-refractivity contribution in [2.24, 2.45) is 5.92 Å². The summed E-state index contributed by atoms with van der Waals surface area (Å²) in [5.41, 5.74) is 6.50. The maximum atomic E-state index is 12.6.